The molecule has 0 radical (unpaired) electrons. The number of carbonyl (C=O) groups is 3. The number of thioether (sulfide) groups is 1. The van der Waals surface area contributed by atoms with Crippen LogP contribution in [0, 0.1) is 10.1 Å². The van der Waals surface area contributed by atoms with Crippen LogP contribution >= 0.6 is 11.8 Å². The van der Waals surface area contributed by atoms with E-state index in [4.69, 9.17) is 0 Å². The van der Waals surface area contributed by atoms with E-state index in [1.165, 1.54) is 52.8 Å². The number of anilines is 1. The van der Waals surface area contributed by atoms with Gasteiger partial charge in [-0.25, -0.2) is 4.79 Å². The average molecular weight is 391 g/mol. The molecule has 1 aromatic rings. The molecule has 2 amide bonds. The number of non-ortho nitro benzene ring substituents is 1. The van der Waals surface area contributed by atoms with Gasteiger partial charge in [-0.05, 0) is 24.1 Å². The van der Waals surface area contributed by atoms with E-state index in [1.54, 1.807) is 0 Å². The highest BCUT2D eigenvalue weighted by Crippen LogP contribution is 2.44. The zero-order valence-corrected chi connectivity index (χ0v) is 15.4. The van der Waals surface area contributed by atoms with Crippen molar-refractivity contribution in [3.05, 3.63) is 45.6 Å². The third kappa shape index (κ3) is 3.05. The fraction of sp³-hybridized carbons (Fsp3) is 0.353. The number of β-lactam (4-membered cyclic amide) rings is 1. The molecule has 0 aromatic heterocycles. The van der Waals surface area contributed by atoms with Gasteiger partial charge in [0.05, 0.1) is 4.92 Å². The van der Waals surface area contributed by atoms with Gasteiger partial charge in [0.2, 0.25) is 5.91 Å². The first-order valence-corrected chi connectivity index (χ1v) is 9.27. The quantitative estimate of drug-likeness (QED) is 0.463. The van der Waals surface area contributed by atoms with Crippen LogP contribution in [0.5, 0.6) is 0 Å². The minimum absolute atomic E-state index is 0.00491. The molecule has 2 aliphatic rings. The molecule has 27 heavy (non-hydrogen) atoms. The Morgan fingerprint density at radius 2 is 2.00 bits per heavy atom. The number of aliphatic carboxylic acids is 1. The molecular weight excluding hydrogens is 374 g/mol. The molecule has 9 nitrogen and oxygen atoms in total. The first-order valence-electron chi connectivity index (χ1n) is 8.22. The van der Waals surface area contributed by atoms with Gasteiger partial charge < -0.3 is 5.11 Å². The van der Waals surface area contributed by atoms with Gasteiger partial charge >= 0.3 is 5.97 Å². The maximum atomic E-state index is 12.8. The van der Waals surface area contributed by atoms with Crippen LogP contribution in [0.15, 0.2) is 35.5 Å². The molecule has 2 aliphatic heterocycles. The van der Waals surface area contributed by atoms with Crippen molar-refractivity contribution in [2.24, 2.45) is 0 Å². The smallest absolute Gasteiger partial charge is 0.352 e. The van der Waals surface area contributed by atoms with Crippen LogP contribution in [0.4, 0.5) is 11.4 Å². The van der Waals surface area contributed by atoms with E-state index in [0.29, 0.717) is 23.4 Å². The van der Waals surface area contributed by atoms with E-state index in [2.05, 4.69) is 0 Å². The second-order valence-electron chi connectivity index (χ2n) is 6.13. The first-order chi connectivity index (χ1) is 12.8. The molecule has 1 aromatic carbocycles. The van der Waals surface area contributed by atoms with Gasteiger partial charge in [-0.15, -0.1) is 11.8 Å². The SMILES string of the molecule is CCC1=C(C(=O)O)N2C(=O)C(N(C(C)=O)c3ccc([N+](=O)[O-])cc3)[C@@H]2SC1. The normalized spacial score (nSPS) is 21.4. The van der Waals surface area contributed by atoms with Crippen LogP contribution in [-0.2, 0) is 14.4 Å². The van der Waals surface area contributed by atoms with Gasteiger partial charge in [0, 0.05) is 30.5 Å². The van der Waals surface area contributed by atoms with Crippen LogP contribution in [-0.4, -0.2) is 49.9 Å². The molecular formula is C17H17N3O6S. The van der Waals surface area contributed by atoms with Gasteiger partial charge in [-0.2, -0.15) is 0 Å². The molecule has 3 rings (SSSR count). The Morgan fingerprint density at radius 3 is 2.48 bits per heavy atom. The average Bonchev–Trinajstić information content (AvgIpc) is 2.64. The van der Waals surface area contributed by atoms with Crippen molar-refractivity contribution >= 4 is 40.9 Å². The zero-order valence-electron chi connectivity index (χ0n) is 14.6. The fourth-order valence-corrected chi connectivity index (χ4v) is 4.80. The van der Waals surface area contributed by atoms with E-state index in [1.807, 2.05) is 6.92 Å². The molecule has 0 spiro atoms. The lowest BCUT2D eigenvalue weighted by molar-refractivity contribution is -0.384. The summed E-state index contributed by atoms with van der Waals surface area (Å²) in [5.74, 6) is -1.56. The number of amides is 2. The van der Waals surface area contributed by atoms with Crippen LogP contribution in [0.1, 0.15) is 20.3 Å². The molecule has 0 bridgehead atoms. The summed E-state index contributed by atoms with van der Waals surface area (Å²) in [5.41, 5.74) is 0.906. The summed E-state index contributed by atoms with van der Waals surface area (Å²) in [6.45, 7) is 3.13. The number of benzene rings is 1. The highest BCUT2D eigenvalue weighted by molar-refractivity contribution is 8.00. The number of hydrogen-bond acceptors (Lipinski definition) is 6. The number of rotatable bonds is 5. The van der Waals surface area contributed by atoms with Gasteiger partial charge in [-0.3, -0.25) is 29.5 Å². The number of fused-ring (bicyclic) bond motifs is 1. The number of nitrogens with zero attached hydrogens (tertiary/aromatic N) is 3. The lowest BCUT2D eigenvalue weighted by atomic mass is 9.99. The van der Waals surface area contributed by atoms with Gasteiger partial charge in [0.15, 0.2) is 0 Å². The highest BCUT2D eigenvalue weighted by atomic mass is 32.2. The molecule has 10 heteroatoms. The van der Waals surface area contributed by atoms with E-state index < -0.39 is 34.1 Å². The standard InChI is InChI=1S/C17H17N3O6S/c1-3-10-8-27-16-14(15(22)19(16)13(10)17(23)24)18(9(2)21)11-4-6-12(7-5-11)20(25)26/h4-7,14,16H,3,8H2,1-2H3,(H,23,24)/t14?,16-/m0/s1. The van der Waals surface area contributed by atoms with E-state index in [-0.39, 0.29) is 11.4 Å². The van der Waals surface area contributed by atoms with Crippen molar-refractivity contribution in [1.29, 1.82) is 0 Å². The summed E-state index contributed by atoms with van der Waals surface area (Å²) in [7, 11) is 0. The largest absolute Gasteiger partial charge is 0.477 e. The van der Waals surface area contributed by atoms with E-state index in [9.17, 15) is 29.6 Å². The number of hydrogen-bond donors (Lipinski definition) is 1. The molecule has 1 fully saturated rings. The summed E-state index contributed by atoms with van der Waals surface area (Å²) in [6.07, 6.45) is 0.522. The van der Waals surface area contributed by atoms with E-state index in [0.717, 1.165) is 0 Å². The minimum Gasteiger partial charge on any atom is -0.477 e. The van der Waals surface area contributed by atoms with Crippen LogP contribution in [0.3, 0.4) is 0 Å². The fourth-order valence-electron chi connectivity index (χ4n) is 3.31. The van der Waals surface area contributed by atoms with Crippen molar-refractivity contribution < 1.29 is 24.4 Å². The second-order valence-corrected chi connectivity index (χ2v) is 7.23. The Balaban J connectivity index is 1.94. The summed E-state index contributed by atoms with van der Waals surface area (Å²) in [6, 6.07) is 4.50. The molecule has 0 aliphatic carbocycles. The van der Waals surface area contributed by atoms with Gasteiger partial charge in [0.25, 0.3) is 11.6 Å². The van der Waals surface area contributed by atoms with Crippen molar-refractivity contribution in [1.82, 2.24) is 4.90 Å². The third-order valence-corrected chi connectivity index (χ3v) is 5.93. The lowest BCUT2D eigenvalue weighted by Crippen LogP contribution is -2.71. The number of carboxylic acid groups (broad SMARTS) is 1. The predicted molar refractivity (Wildman–Crippen MR) is 98.1 cm³/mol. The molecule has 1 unspecified atom stereocenters. The number of carboxylic acids is 1. The molecule has 2 atom stereocenters. The molecule has 2 heterocycles. The number of nitro groups is 1. The molecule has 0 saturated carbocycles. The highest BCUT2D eigenvalue weighted by Gasteiger charge is 2.56. The number of carbonyl (C=O) groups excluding carboxylic acids is 2. The van der Waals surface area contributed by atoms with Crippen molar-refractivity contribution in [2.45, 2.75) is 31.7 Å². The minimum atomic E-state index is -1.16. The Bertz CT molecular complexity index is 866. The summed E-state index contributed by atoms with van der Waals surface area (Å²) < 4.78 is 0. The van der Waals surface area contributed by atoms with Crippen LogP contribution < -0.4 is 4.90 Å². The molecule has 142 valence electrons. The Morgan fingerprint density at radius 1 is 1.37 bits per heavy atom. The molecule has 1 saturated heterocycles. The van der Waals surface area contributed by atoms with Crippen molar-refractivity contribution in [3.63, 3.8) is 0 Å². The maximum Gasteiger partial charge on any atom is 0.352 e. The summed E-state index contributed by atoms with van der Waals surface area (Å²) in [5, 5.41) is 19.8. The van der Waals surface area contributed by atoms with E-state index >= 15 is 0 Å². The second kappa shape index (κ2) is 7.03. The lowest BCUT2D eigenvalue weighted by Gasteiger charge is -2.52. The maximum absolute atomic E-state index is 12.8. The van der Waals surface area contributed by atoms with Crippen molar-refractivity contribution in [3.8, 4) is 0 Å². The monoisotopic (exact) mass is 391 g/mol. The van der Waals surface area contributed by atoms with Crippen LogP contribution in [0.2, 0.25) is 0 Å². The Hall–Kier alpha value is -2.88. The van der Waals surface area contributed by atoms with Crippen molar-refractivity contribution in [2.75, 3.05) is 10.7 Å². The zero-order chi connectivity index (χ0) is 19.9. The molecule has 1 N–H and O–H groups in total. The Labute approximate surface area is 158 Å². The third-order valence-electron chi connectivity index (χ3n) is 4.60. The predicted octanol–water partition coefficient (Wildman–Crippen LogP) is 1.98. The summed E-state index contributed by atoms with van der Waals surface area (Å²) >= 11 is 1.41. The van der Waals surface area contributed by atoms with Gasteiger partial charge in [0.1, 0.15) is 17.1 Å². The first kappa shape index (κ1) is 18.9. The summed E-state index contributed by atoms with van der Waals surface area (Å²) in [4.78, 5) is 49.4. The van der Waals surface area contributed by atoms with Crippen LogP contribution in [0.25, 0.3) is 0 Å². The number of nitro benzene ring substituents is 1. The Kier molecular flexibility index (Phi) is 4.92. The topological polar surface area (TPSA) is 121 Å². The van der Waals surface area contributed by atoms with Gasteiger partial charge in [-0.1, -0.05) is 6.92 Å².